The Balaban J connectivity index is 4.45. The Morgan fingerprint density at radius 2 is 1.94 bits per heavy atom. The Morgan fingerprint density at radius 3 is 2.38 bits per heavy atom. The van der Waals surface area contributed by atoms with Gasteiger partial charge in [-0.05, 0) is 6.92 Å². The summed E-state index contributed by atoms with van der Waals surface area (Å²) < 4.78 is 14.7. The van der Waals surface area contributed by atoms with E-state index >= 15 is 0 Å². The molecule has 92 valence electrons. The Hall–Kier alpha value is -1.36. The molecule has 0 fully saturated rings. The van der Waals surface area contributed by atoms with Crippen molar-refractivity contribution in [2.75, 3.05) is 26.9 Å². The highest BCUT2D eigenvalue weighted by Crippen LogP contribution is 2.19. The molecule has 0 spiro atoms. The van der Waals surface area contributed by atoms with Gasteiger partial charge in [0.25, 0.3) is 0 Å². The summed E-state index contributed by atoms with van der Waals surface area (Å²) >= 11 is 0. The molecule has 0 aliphatic heterocycles. The number of hydrogen-bond acceptors (Lipinski definition) is 5. The predicted octanol–water partition coefficient (Wildman–Crippen LogP) is 0.931. The van der Waals surface area contributed by atoms with E-state index in [4.69, 9.17) is 14.2 Å². The average Bonchev–Trinajstić information content (AvgIpc) is 2.23. The number of rotatable bonds is 7. The Labute approximate surface area is 95.4 Å². The molecule has 1 atom stereocenters. The fourth-order valence-electron chi connectivity index (χ4n) is 1.05. The van der Waals surface area contributed by atoms with Gasteiger partial charge in [-0.25, -0.2) is 0 Å². The molecule has 1 unspecified atom stereocenters. The van der Waals surface area contributed by atoms with Crippen LogP contribution in [0, 0.1) is 5.41 Å². The largest absolute Gasteiger partial charge is 0.465 e. The minimum atomic E-state index is -0.983. The van der Waals surface area contributed by atoms with Crippen LogP contribution in [-0.4, -0.2) is 38.9 Å². The number of esters is 2. The second-order valence-electron chi connectivity index (χ2n) is 3.66. The summed E-state index contributed by atoms with van der Waals surface area (Å²) in [5, 5.41) is 0. The van der Waals surface area contributed by atoms with Gasteiger partial charge >= 0.3 is 11.9 Å². The SMILES string of the molecule is C=CCOC(=O)C(C)(COC)COC(C)=O. The van der Waals surface area contributed by atoms with E-state index < -0.39 is 17.4 Å². The van der Waals surface area contributed by atoms with Crippen LogP contribution in [0.3, 0.4) is 0 Å². The van der Waals surface area contributed by atoms with Gasteiger partial charge in [-0.2, -0.15) is 0 Å². The van der Waals surface area contributed by atoms with Crippen molar-refractivity contribution in [1.82, 2.24) is 0 Å². The van der Waals surface area contributed by atoms with Gasteiger partial charge in [0, 0.05) is 14.0 Å². The summed E-state index contributed by atoms with van der Waals surface area (Å²) in [7, 11) is 1.47. The van der Waals surface area contributed by atoms with Gasteiger partial charge in [0.05, 0.1) is 6.61 Å². The summed E-state index contributed by atoms with van der Waals surface area (Å²) in [5.74, 6) is -0.922. The van der Waals surface area contributed by atoms with Gasteiger partial charge in [0.1, 0.15) is 18.6 Å². The highest BCUT2D eigenvalue weighted by Gasteiger charge is 2.36. The zero-order valence-electron chi connectivity index (χ0n) is 9.95. The lowest BCUT2D eigenvalue weighted by molar-refractivity contribution is -0.164. The van der Waals surface area contributed by atoms with E-state index in [0.717, 1.165) is 0 Å². The summed E-state index contributed by atoms with van der Waals surface area (Å²) in [6.45, 7) is 6.52. The summed E-state index contributed by atoms with van der Waals surface area (Å²) in [6.07, 6.45) is 1.47. The quantitative estimate of drug-likeness (QED) is 0.481. The summed E-state index contributed by atoms with van der Waals surface area (Å²) in [5.41, 5.74) is -0.983. The lowest BCUT2D eigenvalue weighted by atomic mass is 9.93. The van der Waals surface area contributed by atoms with E-state index in [1.165, 1.54) is 20.1 Å². The van der Waals surface area contributed by atoms with Crippen LogP contribution in [0.2, 0.25) is 0 Å². The normalized spacial score (nSPS) is 13.7. The van der Waals surface area contributed by atoms with Gasteiger partial charge < -0.3 is 14.2 Å². The number of carbonyl (C=O) groups is 2. The van der Waals surface area contributed by atoms with Crippen LogP contribution in [-0.2, 0) is 23.8 Å². The first-order valence-electron chi connectivity index (χ1n) is 4.86. The van der Waals surface area contributed by atoms with Crippen molar-refractivity contribution in [2.45, 2.75) is 13.8 Å². The second kappa shape index (κ2) is 7.00. The molecule has 0 radical (unpaired) electrons. The lowest BCUT2D eigenvalue weighted by Crippen LogP contribution is -2.39. The zero-order chi connectivity index (χ0) is 12.6. The molecule has 0 rings (SSSR count). The molecule has 5 heteroatoms. The number of methoxy groups -OCH3 is 1. The summed E-state index contributed by atoms with van der Waals surface area (Å²) in [6, 6.07) is 0. The third-order valence-corrected chi connectivity index (χ3v) is 1.88. The third kappa shape index (κ3) is 4.93. The zero-order valence-corrected chi connectivity index (χ0v) is 9.95. The first kappa shape index (κ1) is 14.6. The van der Waals surface area contributed by atoms with Crippen LogP contribution in [0.1, 0.15) is 13.8 Å². The van der Waals surface area contributed by atoms with E-state index in [1.54, 1.807) is 6.92 Å². The first-order chi connectivity index (χ1) is 7.46. The molecule has 0 heterocycles. The minimum absolute atomic E-state index is 0.0633. The van der Waals surface area contributed by atoms with E-state index in [1.807, 2.05) is 0 Å². The van der Waals surface area contributed by atoms with Crippen molar-refractivity contribution >= 4 is 11.9 Å². The van der Waals surface area contributed by atoms with Crippen LogP contribution in [0.5, 0.6) is 0 Å². The van der Waals surface area contributed by atoms with Crippen LogP contribution in [0.25, 0.3) is 0 Å². The van der Waals surface area contributed by atoms with E-state index in [0.29, 0.717) is 0 Å². The maximum atomic E-state index is 11.7. The van der Waals surface area contributed by atoms with Crippen molar-refractivity contribution in [3.8, 4) is 0 Å². The maximum Gasteiger partial charge on any atom is 0.317 e. The second-order valence-corrected chi connectivity index (χ2v) is 3.66. The number of carbonyl (C=O) groups excluding carboxylic acids is 2. The van der Waals surface area contributed by atoms with Gasteiger partial charge in [0.15, 0.2) is 0 Å². The molecule has 0 bridgehead atoms. The molecule has 16 heavy (non-hydrogen) atoms. The smallest absolute Gasteiger partial charge is 0.317 e. The average molecular weight is 230 g/mol. The highest BCUT2D eigenvalue weighted by atomic mass is 16.6. The fourth-order valence-corrected chi connectivity index (χ4v) is 1.05. The molecule has 0 aromatic heterocycles. The monoisotopic (exact) mass is 230 g/mol. The third-order valence-electron chi connectivity index (χ3n) is 1.88. The number of hydrogen-bond donors (Lipinski definition) is 0. The standard InChI is InChI=1S/C11H18O5/c1-5-6-15-10(13)11(3,7-14-4)8-16-9(2)12/h5H,1,6-8H2,2-4H3. The molecule has 0 aromatic rings. The van der Waals surface area contributed by atoms with E-state index in [2.05, 4.69) is 6.58 Å². The first-order valence-corrected chi connectivity index (χ1v) is 4.86. The Morgan fingerprint density at radius 1 is 1.31 bits per heavy atom. The molecular weight excluding hydrogens is 212 g/mol. The predicted molar refractivity (Wildman–Crippen MR) is 57.8 cm³/mol. The van der Waals surface area contributed by atoms with Gasteiger partial charge in [-0.1, -0.05) is 12.7 Å². The van der Waals surface area contributed by atoms with Gasteiger partial charge in [-0.3, -0.25) is 9.59 Å². The van der Waals surface area contributed by atoms with Gasteiger partial charge in [0.2, 0.25) is 0 Å². The molecule has 0 N–H and O–H groups in total. The topological polar surface area (TPSA) is 61.8 Å². The number of ether oxygens (including phenoxy) is 3. The van der Waals surface area contributed by atoms with Crippen LogP contribution in [0.15, 0.2) is 12.7 Å². The molecule has 0 aliphatic rings. The van der Waals surface area contributed by atoms with Crippen molar-refractivity contribution in [3.63, 3.8) is 0 Å². The van der Waals surface area contributed by atoms with Gasteiger partial charge in [-0.15, -0.1) is 0 Å². The molecule has 0 aliphatic carbocycles. The Kier molecular flexibility index (Phi) is 6.41. The van der Waals surface area contributed by atoms with Crippen molar-refractivity contribution in [1.29, 1.82) is 0 Å². The summed E-state index contributed by atoms with van der Waals surface area (Å²) in [4.78, 5) is 22.4. The van der Waals surface area contributed by atoms with Crippen LogP contribution >= 0.6 is 0 Å². The van der Waals surface area contributed by atoms with Crippen molar-refractivity contribution in [3.05, 3.63) is 12.7 Å². The van der Waals surface area contributed by atoms with E-state index in [9.17, 15) is 9.59 Å². The van der Waals surface area contributed by atoms with Crippen molar-refractivity contribution in [2.24, 2.45) is 5.41 Å². The van der Waals surface area contributed by atoms with Crippen LogP contribution < -0.4 is 0 Å². The molecule has 0 amide bonds. The van der Waals surface area contributed by atoms with E-state index in [-0.39, 0.29) is 19.8 Å². The highest BCUT2D eigenvalue weighted by molar-refractivity contribution is 5.77. The maximum absolute atomic E-state index is 11.7. The molecular formula is C11H18O5. The molecule has 5 nitrogen and oxygen atoms in total. The molecule has 0 saturated carbocycles. The fraction of sp³-hybridized carbons (Fsp3) is 0.636. The molecule has 0 aromatic carbocycles. The minimum Gasteiger partial charge on any atom is -0.465 e. The Bertz CT molecular complexity index is 261. The van der Waals surface area contributed by atoms with Crippen LogP contribution in [0.4, 0.5) is 0 Å². The lowest BCUT2D eigenvalue weighted by Gasteiger charge is -2.25. The molecule has 0 saturated heterocycles. The van der Waals surface area contributed by atoms with Crippen molar-refractivity contribution < 1.29 is 23.8 Å².